The van der Waals surface area contributed by atoms with E-state index in [1.54, 1.807) is 32.9 Å². The summed E-state index contributed by atoms with van der Waals surface area (Å²) in [5.74, 6) is -0.586. The Morgan fingerprint density at radius 3 is 2.50 bits per heavy atom. The summed E-state index contributed by atoms with van der Waals surface area (Å²) in [4.78, 5) is 23.3. The maximum Gasteiger partial charge on any atom is 0.349 e. The van der Waals surface area contributed by atoms with Crippen molar-refractivity contribution in [3.05, 3.63) is 28.2 Å². The third-order valence-electron chi connectivity index (χ3n) is 2.48. The van der Waals surface area contributed by atoms with Crippen molar-refractivity contribution in [2.45, 2.75) is 26.4 Å². The zero-order chi connectivity index (χ0) is 15.3. The maximum atomic E-state index is 11.7. The standard InChI is InChI=1S/C14H17BrO5/c1-5-19-12(16)9-6-7-10(15)11(8-9)20-14(2,3)13(17)18-4/h6-8H,5H2,1-4H3. The van der Waals surface area contributed by atoms with Gasteiger partial charge in [0.2, 0.25) is 0 Å². The lowest BCUT2D eigenvalue weighted by molar-refractivity contribution is -0.156. The minimum Gasteiger partial charge on any atom is -0.475 e. The van der Waals surface area contributed by atoms with Crippen LogP contribution in [0, 0.1) is 0 Å². The molecule has 1 aromatic rings. The number of methoxy groups -OCH3 is 1. The van der Waals surface area contributed by atoms with Crippen molar-refractivity contribution in [3.63, 3.8) is 0 Å². The fraction of sp³-hybridized carbons (Fsp3) is 0.429. The van der Waals surface area contributed by atoms with E-state index in [-0.39, 0.29) is 0 Å². The van der Waals surface area contributed by atoms with Crippen molar-refractivity contribution >= 4 is 27.9 Å². The van der Waals surface area contributed by atoms with Gasteiger partial charge < -0.3 is 14.2 Å². The molecule has 1 rings (SSSR count). The Morgan fingerprint density at radius 1 is 1.30 bits per heavy atom. The van der Waals surface area contributed by atoms with Gasteiger partial charge in [-0.15, -0.1) is 0 Å². The highest BCUT2D eigenvalue weighted by atomic mass is 79.9. The molecule has 0 amide bonds. The Bertz CT molecular complexity index is 510. The van der Waals surface area contributed by atoms with Crippen LogP contribution in [-0.4, -0.2) is 31.3 Å². The first-order valence-electron chi connectivity index (χ1n) is 6.06. The van der Waals surface area contributed by atoms with E-state index in [0.717, 1.165) is 0 Å². The van der Waals surface area contributed by atoms with Gasteiger partial charge in [-0.2, -0.15) is 0 Å². The van der Waals surface area contributed by atoms with Crippen LogP contribution in [0.2, 0.25) is 0 Å². The molecule has 0 N–H and O–H groups in total. The summed E-state index contributed by atoms with van der Waals surface area (Å²) in [7, 11) is 1.29. The lowest BCUT2D eigenvalue weighted by Crippen LogP contribution is -2.39. The lowest BCUT2D eigenvalue weighted by Gasteiger charge is -2.24. The topological polar surface area (TPSA) is 61.8 Å². The van der Waals surface area contributed by atoms with Crippen molar-refractivity contribution in [2.75, 3.05) is 13.7 Å². The molecule has 0 radical (unpaired) electrons. The van der Waals surface area contributed by atoms with E-state index in [1.165, 1.54) is 13.2 Å². The molecule has 0 spiro atoms. The van der Waals surface area contributed by atoms with Crippen LogP contribution in [0.25, 0.3) is 0 Å². The van der Waals surface area contributed by atoms with Crippen molar-refractivity contribution < 1.29 is 23.8 Å². The van der Waals surface area contributed by atoms with Crippen LogP contribution < -0.4 is 4.74 Å². The highest BCUT2D eigenvalue weighted by Crippen LogP contribution is 2.30. The zero-order valence-electron chi connectivity index (χ0n) is 11.9. The number of benzene rings is 1. The molecule has 0 fully saturated rings. The smallest absolute Gasteiger partial charge is 0.349 e. The van der Waals surface area contributed by atoms with Gasteiger partial charge in [-0.25, -0.2) is 9.59 Å². The summed E-state index contributed by atoms with van der Waals surface area (Å²) in [6.07, 6.45) is 0. The van der Waals surface area contributed by atoms with Gasteiger partial charge in [-0.05, 0) is 54.9 Å². The molecule has 1 aromatic carbocycles. The Morgan fingerprint density at radius 2 is 1.95 bits per heavy atom. The van der Waals surface area contributed by atoms with Crippen LogP contribution in [0.4, 0.5) is 0 Å². The Labute approximate surface area is 126 Å². The lowest BCUT2D eigenvalue weighted by atomic mass is 10.1. The third kappa shape index (κ3) is 3.96. The van der Waals surface area contributed by atoms with Crippen LogP contribution in [0.3, 0.4) is 0 Å². The van der Waals surface area contributed by atoms with E-state index in [0.29, 0.717) is 22.4 Å². The average Bonchev–Trinajstić information content (AvgIpc) is 2.40. The molecule has 0 aliphatic heterocycles. The van der Waals surface area contributed by atoms with Crippen LogP contribution in [0.1, 0.15) is 31.1 Å². The van der Waals surface area contributed by atoms with E-state index in [4.69, 9.17) is 9.47 Å². The normalized spacial score (nSPS) is 10.8. The maximum absolute atomic E-state index is 11.7. The number of hydrogen-bond acceptors (Lipinski definition) is 5. The Balaban J connectivity index is 3.03. The predicted octanol–water partition coefficient (Wildman–Crippen LogP) is 2.96. The van der Waals surface area contributed by atoms with Gasteiger partial charge in [0, 0.05) is 0 Å². The molecule has 0 bridgehead atoms. The first-order chi connectivity index (χ1) is 9.31. The number of carbonyl (C=O) groups is 2. The molecule has 6 heteroatoms. The van der Waals surface area contributed by atoms with Crippen LogP contribution in [0.5, 0.6) is 5.75 Å². The first-order valence-corrected chi connectivity index (χ1v) is 6.85. The van der Waals surface area contributed by atoms with Crippen LogP contribution in [0.15, 0.2) is 22.7 Å². The minimum absolute atomic E-state index is 0.290. The number of rotatable bonds is 5. The van der Waals surface area contributed by atoms with Gasteiger partial charge in [0.05, 0.1) is 23.8 Å². The van der Waals surface area contributed by atoms with Gasteiger partial charge in [-0.1, -0.05) is 0 Å². The third-order valence-corrected chi connectivity index (χ3v) is 3.14. The number of esters is 2. The predicted molar refractivity (Wildman–Crippen MR) is 76.8 cm³/mol. The van der Waals surface area contributed by atoms with Gasteiger partial charge >= 0.3 is 11.9 Å². The molecule has 0 aromatic heterocycles. The number of hydrogen-bond donors (Lipinski definition) is 0. The quantitative estimate of drug-likeness (QED) is 0.768. The first kappa shape index (κ1) is 16.5. The van der Waals surface area contributed by atoms with E-state index < -0.39 is 17.5 Å². The summed E-state index contributed by atoms with van der Waals surface area (Å²) >= 11 is 3.31. The van der Waals surface area contributed by atoms with Gasteiger partial charge in [0.1, 0.15) is 5.75 Å². The minimum atomic E-state index is -1.16. The van der Waals surface area contributed by atoms with E-state index >= 15 is 0 Å². The summed E-state index contributed by atoms with van der Waals surface area (Å²) < 4.78 is 15.8. The fourth-order valence-electron chi connectivity index (χ4n) is 1.49. The largest absolute Gasteiger partial charge is 0.475 e. The van der Waals surface area contributed by atoms with Gasteiger partial charge in [0.25, 0.3) is 0 Å². The second kappa shape index (κ2) is 6.74. The molecule has 0 aliphatic rings. The Kier molecular flexibility index (Phi) is 5.56. The van der Waals surface area contributed by atoms with Crippen molar-refractivity contribution in [3.8, 4) is 5.75 Å². The second-order valence-corrected chi connectivity index (χ2v) is 5.32. The van der Waals surface area contributed by atoms with Gasteiger partial charge in [-0.3, -0.25) is 0 Å². The molecule has 0 saturated heterocycles. The summed E-state index contributed by atoms with van der Waals surface area (Å²) in [5.41, 5.74) is -0.810. The van der Waals surface area contributed by atoms with Crippen molar-refractivity contribution in [1.29, 1.82) is 0 Å². The average molecular weight is 345 g/mol. The summed E-state index contributed by atoms with van der Waals surface area (Å²) in [5, 5.41) is 0. The van der Waals surface area contributed by atoms with Gasteiger partial charge in [0.15, 0.2) is 5.60 Å². The molecule has 5 nitrogen and oxygen atoms in total. The molecule has 0 aliphatic carbocycles. The van der Waals surface area contributed by atoms with E-state index in [1.807, 2.05) is 0 Å². The molecule has 20 heavy (non-hydrogen) atoms. The monoisotopic (exact) mass is 344 g/mol. The van der Waals surface area contributed by atoms with Crippen molar-refractivity contribution in [2.24, 2.45) is 0 Å². The molecular formula is C14H17BrO5. The molecule has 110 valence electrons. The second-order valence-electron chi connectivity index (χ2n) is 4.47. The molecule has 0 saturated carbocycles. The molecule has 0 unspecified atom stereocenters. The van der Waals surface area contributed by atoms with Crippen LogP contribution >= 0.6 is 15.9 Å². The van der Waals surface area contributed by atoms with Crippen molar-refractivity contribution in [1.82, 2.24) is 0 Å². The van der Waals surface area contributed by atoms with E-state index in [2.05, 4.69) is 20.7 Å². The number of halogens is 1. The molecule has 0 heterocycles. The zero-order valence-corrected chi connectivity index (χ0v) is 13.4. The van der Waals surface area contributed by atoms with E-state index in [9.17, 15) is 9.59 Å². The SMILES string of the molecule is CCOC(=O)c1ccc(Br)c(OC(C)(C)C(=O)OC)c1. The number of ether oxygens (including phenoxy) is 3. The highest BCUT2D eigenvalue weighted by Gasteiger charge is 2.32. The number of carbonyl (C=O) groups excluding carboxylic acids is 2. The Hall–Kier alpha value is -1.56. The summed E-state index contributed by atoms with van der Waals surface area (Å²) in [6, 6.07) is 4.79. The summed E-state index contributed by atoms with van der Waals surface area (Å²) in [6.45, 7) is 5.19. The highest BCUT2D eigenvalue weighted by molar-refractivity contribution is 9.10. The molecule has 0 atom stereocenters. The fourth-order valence-corrected chi connectivity index (χ4v) is 1.81. The molecular weight excluding hydrogens is 328 g/mol. The van der Waals surface area contributed by atoms with Crippen LogP contribution in [-0.2, 0) is 14.3 Å².